The van der Waals surface area contributed by atoms with Gasteiger partial charge in [0.2, 0.25) is 0 Å². The maximum atomic E-state index is 12.0. The van der Waals surface area contributed by atoms with E-state index in [1.807, 2.05) is 6.92 Å². The van der Waals surface area contributed by atoms with Crippen LogP contribution in [0.25, 0.3) is 0 Å². The molecule has 1 aliphatic heterocycles. The molecule has 6 heteroatoms. The fourth-order valence-corrected chi connectivity index (χ4v) is 1.93. The second-order valence-corrected chi connectivity index (χ2v) is 6.11. The molecule has 1 heterocycles. The van der Waals surface area contributed by atoms with Crippen LogP contribution in [0.3, 0.4) is 0 Å². The fourth-order valence-electron chi connectivity index (χ4n) is 1.93. The van der Waals surface area contributed by atoms with Crippen LogP contribution in [0.1, 0.15) is 34.1 Å². The van der Waals surface area contributed by atoms with E-state index in [-0.39, 0.29) is 19.1 Å². The van der Waals surface area contributed by atoms with E-state index in [2.05, 4.69) is 6.58 Å². The van der Waals surface area contributed by atoms with E-state index in [1.54, 1.807) is 20.8 Å². The molecule has 0 aliphatic carbocycles. The first-order chi connectivity index (χ1) is 9.10. The summed E-state index contributed by atoms with van der Waals surface area (Å²) >= 11 is 0. The van der Waals surface area contributed by atoms with Gasteiger partial charge in [0.25, 0.3) is 0 Å². The van der Waals surface area contributed by atoms with Crippen LogP contribution >= 0.6 is 0 Å². The number of aliphatic carboxylic acids is 1. The number of likely N-dealkylation sites (tertiary alicyclic amines) is 1. The summed E-state index contributed by atoms with van der Waals surface area (Å²) in [6.45, 7) is 11.4. The molecule has 1 rings (SSSR count). The highest BCUT2D eigenvalue weighted by Gasteiger charge is 2.42. The SMILES string of the molecule is C=C(C)CO[C@@H]1C[C@H](C(=O)O)N(C(=O)OC(C)(C)C)C1. The zero-order chi connectivity index (χ0) is 15.5. The van der Waals surface area contributed by atoms with Crippen molar-refractivity contribution in [2.24, 2.45) is 0 Å². The van der Waals surface area contributed by atoms with Crippen molar-refractivity contribution in [2.75, 3.05) is 13.2 Å². The van der Waals surface area contributed by atoms with E-state index in [0.29, 0.717) is 6.61 Å². The summed E-state index contributed by atoms with van der Waals surface area (Å²) in [6, 6.07) is -0.903. The Balaban J connectivity index is 2.70. The fraction of sp³-hybridized carbons (Fsp3) is 0.714. The van der Waals surface area contributed by atoms with Crippen LogP contribution < -0.4 is 0 Å². The van der Waals surface area contributed by atoms with Gasteiger partial charge >= 0.3 is 12.1 Å². The Bertz CT molecular complexity index is 399. The highest BCUT2D eigenvalue weighted by molar-refractivity contribution is 5.81. The molecular formula is C14H23NO5. The smallest absolute Gasteiger partial charge is 0.411 e. The lowest BCUT2D eigenvalue weighted by Crippen LogP contribution is -2.43. The van der Waals surface area contributed by atoms with Gasteiger partial charge in [0.1, 0.15) is 11.6 Å². The van der Waals surface area contributed by atoms with Crippen molar-refractivity contribution in [2.45, 2.75) is 51.9 Å². The third-order valence-corrected chi connectivity index (χ3v) is 2.74. The van der Waals surface area contributed by atoms with E-state index in [0.717, 1.165) is 5.57 Å². The number of carboxylic acids is 1. The van der Waals surface area contributed by atoms with Crippen molar-refractivity contribution in [1.29, 1.82) is 0 Å². The largest absolute Gasteiger partial charge is 0.480 e. The van der Waals surface area contributed by atoms with E-state index < -0.39 is 23.7 Å². The molecule has 1 amide bonds. The predicted molar refractivity (Wildman–Crippen MR) is 73.5 cm³/mol. The first-order valence-electron chi connectivity index (χ1n) is 6.58. The van der Waals surface area contributed by atoms with Crippen molar-refractivity contribution in [3.05, 3.63) is 12.2 Å². The maximum absolute atomic E-state index is 12.0. The Morgan fingerprint density at radius 1 is 1.40 bits per heavy atom. The van der Waals surface area contributed by atoms with Crippen LogP contribution in [-0.2, 0) is 14.3 Å². The van der Waals surface area contributed by atoms with Gasteiger partial charge in [-0.3, -0.25) is 4.90 Å². The molecule has 0 aromatic carbocycles. The topological polar surface area (TPSA) is 76.1 Å². The number of hydrogen-bond donors (Lipinski definition) is 1. The summed E-state index contributed by atoms with van der Waals surface area (Å²) in [7, 11) is 0. The second kappa shape index (κ2) is 6.26. The summed E-state index contributed by atoms with van der Waals surface area (Å²) in [5, 5.41) is 9.20. The first kappa shape index (κ1) is 16.5. The number of hydrogen-bond acceptors (Lipinski definition) is 4. The molecular weight excluding hydrogens is 262 g/mol. The first-order valence-corrected chi connectivity index (χ1v) is 6.58. The summed E-state index contributed by atoms with van der Waals surface area (Å²) in [5.41, 5.74) is 0.198. The number of carbonyl (C=O) groups excluding carboxylic acids is 1. The van der Waals surface area contributed by atoms with Crippen molar-refractivity contribution in [3.63, 3.8) is 0 Å². The number of amides is 1. The van der Waals surface area contributed by atoms with Crippen LogP contribution in [0.5, 0.6) is 0 Å². The standard InChI is InChI=1S/C14H23NO5/c1-9(2)8-19-10-6-11(12(16)17)15(7-10)13(18)20-14(3,4)5/h10-11H,1,6-8H2,2-5H3,(H,16,17)/t10-,11-/m1/s1. The van der Waals surface area contributed by atoms with Crippen molar-refractivity contribution in [1.82, 2.24) is 4.90 Å². The van der Waals surface area contributed by atoms with E-state index in [4.69, 9.17) is 9.47 Å². The van der Waals surface area contributed by atoms with Gasteiger partial charge in [-0.1, -0.05) is 12.2 Å². The summed E-state index contributed by atoms with van der Waals surface area (Å²) in [5.74, 6) is -1.04. The molecule has 1 N–H and O–H groups in total. The molecule has 0 bridgehead atoms. The lowest BCUT2D eigenvalue weighted by molar-refractivity contribution is -0.142. The molecule has 1 aliphatic rings. The Kier molecular flexibility index (Phi) is 5.16. The van der Waals surface area contributed by atoms with Crippen molar-refractivity contribution < 1.29 is 24.2 Å². The highest BCUT2D eigenvalue weighted by Crippen LogP contribution is 2.23. The van der Waals surface area contributed by atoms with Gasteiger partial charge in [0, 0.05) is 6.42 Å². The van der Waals surface area contributed by atoms with Gasteiger partial charge in [-0.15, -0.1) is 0 Å². The Hall–Kier alpha value is -1.56. The Morgan fingerprint density at radius 3 is 2.45 bits per heavy atom. The molecule has 1 saturated heterocycles. The monoisotopic (exact) mass is 285 g/mol. The van der Waals surface area contributed by atoms with Gasteiger partial charge in [-0.2, -0.15) is 0 Å². The normalized spacial score (nSPS) is 22.7. The minimum Gasteiger partial charge on any atom is -0.480 e. The zero-order valence-corrected chi connectivity index (χ0v) is 12.5. The molecule has 1 fully saturated rings. The predicted octanol–water partition coefficient (Wildman–Crippen LogP) is 2.04. The molecule has 0 aromatic heterocycles. The van der Waals surface area contributed by atoms with Crippen molar-refractivity contribution in [3.8, 4) is 0 Å². The average Bonchev–Trinajstić information content (AvgIpc) is 2.68. The Labute approximate surface area is 119 Å². The summed E-state index contributed by atoms with van der Waals surface area (Å²) in [4.78, 5) is 24.5. The van der Waals surface area contributed by atoms with E-state index in [9.17, 15) is 14.7 Å². The molecule has 0 unspecified atom stereocenters. The van der Waals surface area contributed by atoms with E-state index in [1.165, 1.54) is 4.90 Å². The molecule has 114 valence electrons. The number of rotatable bonds is 4. The number of ether oxygens (including phenoxy) is 2. The van der Waals surface area contributed by atoms with Gasteiger partial charge in [0.05, 0.1) is 19.3 Å². The molecule has 0 radical (unpaired) electrons. The number of carboxylic acid groups (broad SMARTS) is 1. The lowest BCUT2D eigenvalue weighted by Gasteiger charge is -2.26. The minimum absolute atomic E-state index is 0.221. The molecule has 0 spiro atoms. The quantitative estimate of drug-likeness (QED) is 0.800. The van der Waals surface area contributed by atoms with Crippen LogP contribution in [0.2, 0.25) is 0 Å². The van der Waals surface area contributed by atoms with Crippen LogP contribution in [0.4, 0.5) is 4.79 Å². The highest BCUT2D eigenvalue weighted by atomic mass is 16.6. The van der Waals surface area contributed by atoms with Gasteiger partial charge < -0.3 is 14.6 Å². The van der Waals surface area contributed by atoms with E-state index >= 15 is 0 Å². The third kappa shape index (κ3) is 4.85. The van der Waals surface area contributed by atoms with Crippen LogP contribution in [-0.4, -0.2) is 53.0 Å². The Morgan fingerprint density at radius 2 is 2.00 bits per heavy atom. The average molecular weight is 285 g/mol. The molecule has 6 nitrogen and oxygen atoms in total. The van der Waals surface area contributed by atoms with Crippen LogP contribution in [0.15, 0.2) is 12.2 Å². The van der Waals surface area contributed by atoms with Gasteiger partial charge in [-0.25, -0.2) is 9.59 Å². The number of nitrogens with zero attached hydrogens (tertiary/aromatic N) is 1. The summed E-state index contributed by atoms with van der Waals surface area (Å²) < 4.78 is 10.8. The molecule has 0 aromatic rings. The molecule has 20 heavy (non-hydrogen) atoms. The molecule has 0 saturated carbocycles. The second-order valence-electron chi connectivity index (χ2n) is 6.11. The lowest BCUT2D eigenvalue weighted by atomic mass is 10.2. The zero-order valence-electron chi connectivity index (χ0n) is 12.5. The molecule has 2 atom stereocenters. The number of carbonyl (C=O) groups is 2. The maximum Gasteiger partial charge on any atom is 0.411 e. The van der Waals surface area contributed by atoms with Crippen LogP contribution in [0, 0.1) is 0 Å². The third-order valence-electron chi connectivity index (χ3n) is 2.74. The minimum atomic E-state index is -1.04. The van der Waals surface area contributed by atoms with Crippen molar-refractivity contribution >= 4 is 12.1 Å². The van der Waals surface area contributed by atoms with Gasteiger partial charge in [-0.05, 0) is 27.7 Å². The van der Waals surface area contributed by atoms with Gasteiger partial charge in [0.15, 0.2) is 0 Å². The summed E-state index contributed by atoms with van der Waals surface area (Å²) in [6.07, 6.45) is -0.659.